The van der Waals surface area contributed by atoms with Gasteiger partial charge in [0.15, 0.2) is 0 Å². The van der Waals surface area contributed by atoms with Crippen LogP contribution in [0.1, 0.15) is 12.8 Å². The summed E-state index contributed by atoms with van der Waals surface area (Å²) in [4.78, 5) is 7.07. The van der Waals surface area contributed by atoms with Gasteiger partial charge in [0, 0.05) is 41.7 Å². The number of nitrogens with zero attached hydrogens (tertiary/aromatic N) is 2. The molecule has 1 unspecified atom stereocenters. The molecule has 2 fully saturated rings. The fraction of sp³-hybridized carbons (Fsp3) is 0.438. The molecule has 1 aromatic heterocycles. The van der Waals surface area contributed by atoms with Crippen molar-refractivity contribution in [1.29, 1.82) is 0 Å². The molecule has 2 aromatic rings. The van der Waals surface area contributed by atoms with E-state index >= 15 is 0 Å². The minimum absolute atomic E-state index is 0.461. The Bertz CT molecular complexity index is 649. The summed E-state index contributed by atoms with van der Waals surface area (Å²) in [5.41, 5.74) is 0.461. The molecule has 0 saturated carbocycles. The number of rotatable bonds is 1. The van der Waals surface area contributed by atoms with Crippen LogP contribution in [0.25, 0.3) is 10.8 Å². The fourth-order valence-corrected chi connectivity index (χ4v) is 3.81. The van der Waals surface area contributed by atoms with Crippen molar-refractivity contribution < 1.29 is 0 Å². The van der Waals surface area contributed by atoms with Gasteiger partial charge in [-0.25, -0.2) is 4.98 Å². The van der Waals surface area contributed by atoms with Crippen molar-refractivity contribution in [1.82, 2.24) is 10.3 Å². The maximum absolute atomic E-state index is 6.16. The zero-order valence-corrected chi connectivity index (χ0v) is 12.2. The highest BCUT2D eigenvalue weighted by Gasteiger charge is 2.40. The van der Waals surface area contributed by atoms with Gasteiger partial charge in [-0.1, -0.05) is 17.7 Å². The van der Waals surface area contributed by atoms with E-state index in [2.05, 4.69) is 27.3 Å². The van der Waals surface area contributed by atoms with Gasteiger partial charge in [0.1, 0.15) is 5.82 Å². The van der Waals surface area contributed by atoms with Gasteiger partial charge in [0.25, 0.3) is 0 Å². The molecule has 0 amide bonds. The van der Waals surface area contributed by atoms with Crippen molar-refractivity contribution in [2.45, 2.75) is 12.8 Å². The van der Waals surface area contributed by atoms with Gasteiger partial charge >= 0.3 is 0 Å². The van der Waals surface area contributed by atoms with Gasteiger partial charge in [-0.3, -0.25) is 0 Å². The SMILES string of the molecule is Clc1ccc2ccnc(N3CCC4(CCNC4)C3)c2c1. The summed E-state index contributed by atoms with van der Waals surface area (Å²) in [6, 6.07) is 8.11. The number of hydrogen-bond donors (Lipinski definition) is 1. The number of pyridine rings is 1. The quantitative estimate of drug-likeness (QED) is 0.874. The molecule has 3 nitrogen and oxygen atoms in total. The number of aromatic nitrogens is 1. The molecule has 4 rings (SSSR count). The van der Waals surface area contributed by atoms with Crippen molar-refractivity contribution in [2.75, 3.05) is 31.1 Å². The van der Waals surface area contributed by atoms with Crippen LogP contribution in [0.5, 0.6) is 0 Å². The highest BCUT2D eigenvalue weighted by Crippen LogP contribution is 2.39. The number of halogens is 1. The van der Waals surface area contributed by atoms with Crippen LogP contribution in [-0.2, 0) is 0 Å². The Morgan fingerprint density at radius 1 is 1.25 bits per heavy atom. The standard InChI is InChI=1S/C16H18ClN3/c17-13-2-1-12-3-6-19-15(14(12)9-13)20-8-5-16(11-20)4-7-18-10-16/h1-3,6,9,18H,4-5,7-8,10-11H2. The van der Waals surface area contributed by atoms with E-state index in [9.17, 15) is 0 Å². The van der Waals surface area contributed by atoms with E-state index in [0.717, 1.165) is 37.0 Å². The smallest absolute Gasteiger partial charge is 0.136 e. The summed E-state index contributed by atoms with van der Waals surface area (Å²) in [7, 11) is 0. The van der Waals surface area contributed by atoms with Crippen molar-refractivity contribution in [2.24, 2.45) is 5.41 Å². The Hall–Kier alpha value is -1.32. The van der Waals surface area contributed by atoms with E-state index in [0.29, 0.717) is 5.41 Å². The largest absolute Gasteiger partial charge is 0.355 e. The molecular formula is C16H18ClN3. The molecule has 3 heterocycles. The van der Waals surface area contributed by atoms with Crippen molar-refractivity contribution in [3.63, 3.8) is 0 Å². The lowest BCUT2D eigenvalue weighted by Gasteiger charge is -2.24. The molecule has 0 aliphatic carbocycles. The van der Waals surface area contributed by atoms with Crippen molar-refractivity contribution >= 4 is 28.2 Å². The van der Waals surface area contributed by atoms with E-state index in [-0.39, 0.29) is 0 Å². The summed E-state index contributed by atoms with van der Waals surface area (Å²) < 4.78 is 0. The van der Waals surface area contributed by atoms with Crippen LogP contribution in [0.2, 0.25) is 5.02 Å². The lowest BCUT2D eigenvalue weighted by Crippen LogP contribution is -2.29. The fourth-order valence-electron chi connectivity index (χ4n) is 3.64. The van der Waals surface area contributed by atoms with Gasteiger partial charge in [-0.2, -0.15) is 0 Å². The first-order chi connectivity index (χ1) is 9.76. The predicted octanol–water partition coefficient (Wildman–Crippen LogP) is 3.08. The molecule has 4 heteroatoms. The predicted molar refractivity (Wildman–Crippen MR) is 83.5 cm³/mol. The monoisotopic (exact) mass is 287 g/mol. The third-order valence-corrected chi connectivity index (χ3v) is 5.01. The van der Waals surface area contributed by atoms with Crippen LogP contribution in [0, 0.1) is 5.41 Å². The summed E-state index contributed by atoms with van der Waals surface area (Å²) in [6.07, 6.45) is 4.46. The number of hydrogen-bond acceptors (Lipinski definition) is 3. The zero-order valence-electron chi connectivity index (χ0n) is 11.4. The number of benzene rings is 1. The number of nitrogens with one attached hydrogen (secondary N) is 1. The third kappa shape index (κ3) is 1.97. The first kappa shape index (κ1) is 12.4. The minimum atomic E-state index is 0.461. The molecule has 2 aliphatic heterocycles. The van der Waals surface area contributed by atoms with Crippen LogP contribution in [0.4, 0.5) is 5.82 Å². The third-order valence-electron chi connectivity index (χ3n) is 4.78. The van der Waals surface area contributed by atoms with Crippen LogP contribution in [0.3, 0.4) is 0 Å². The summed E-state index contributed by atoms with van der Waals surface area (Å²) >= 11 is 6.16. The topological polar surface area (TPSA) is 28.2 Å². The first-order valence-corrected chi connectivity index (χ1v) is 7.64. The lowest BCUT2D eigenvalue weighted by molar-refractivity contribution is 0.369. The molecule has 20 heavy (non-hydrogen) atoms. The molecular weight excluding hydrogens is 270 g/mol. The maximum atomic E-state index is 6.16. The van der Waals surface area contributed by atoms with Gasteiger partial charge in [-0.15, -0.1) is 0 Å². The van der Waals surface area contributed by atoms with Crippen LogP contribution < -0.4 is 10.2 Å². The molecule has 1 atom stereocenters. The zero-order chi connectivity index (χ0) is 13.6. The Balaban J connectivity index is 1.74. The second kappa shape index (κ2) is 4.61. The van der Waals surface area contributed by atoms with E-state index in [1.54, 1.807) is 0 Å². The van der Waals surface area contributed by atoms with E-state index < -0.39 is 0 Å². The van der Waals surface area contributed by atoms with Crippen molar-refractivity contribution in [3.8, 4) is 0 Å². The summed E-state index contributed by atoms with van der Waals surface area (Å²) in [5.74, 6) is 1.09. The molecule has 0 radical (unpaired) electrons. The average Bonchev–Trinajstić information content (AvgIpc) is 3.09. The van der Waals surface area contributed by atoms with Gasteiger partial charge in [0.05, 0.1) is 0 Å². The van der Waals surface area contributed by atoms with E-state index in [4.69, 9.17) is 11.6 Å². The minimum Gasteiger partial charge on any atom is -0.355 e. The molecule has 104 valence electrons. The Morgan fingerprint density at radius 2 is 2.20 bits per heavy atom. The second-order valence-corrected chi connectivity index (χ2v) is 6.53. The van der Waals surface area contributed by atoms with Gasteiger partial charge in [-0.05, 0) is 43.0 Å². The van der Waals surface area contributed by atoms with Crippen LogP contribution in [-0.4, -0.2) is 31.2 Å². The first-order valence-electron chi connectivity index (χ1n) is 7.26. The normalized spacial score (nSPS) is 25.9. The molecule has 0 bridgehead atoms. The molecule has 1 N–H and O–H groups in total. The number of fused-ring (bicyclic) bond motifs is 1. The molecule has 1 aromatic carbocycles. The van der Waals surface area contributed by atoms with Gasteiger partial charge < -0.3 is 10.2 Å². The maximum Gasteiger partial charge on any atom is 0.136 e. The molecule has 2 saturated heterocycles. The van der Waals surface area contributed by atoms with E-state index in [1.165, 1.54) is 23.6 Å². The van der Waals surface area contributed by atoms with Gasteiger partial charge in [0.2, 0.25) is 0 Å². The molecule has 1 spiro atoms. The second-order valence-electron chi connectivity index (χ2n) is 6.10. The Morgan fingerprint density at radius 3 is 3.05 bits per heavy atom. The van der Waals surface area contributed by atoms with Crippen molar-refractivity contribution in [3.05, 3.63) is 35.5 Å². The highest BCUT2D eigenvalue weighted by atomic mass is 35.5. The highest BCUT2D eigenvalue weighted by molar-refractivity contribution is 6.31. The summed E-state index contributed by atoms with van der Waals surface area (Å²) in [6.45, 7) is 4.51. The Kier molecular flexibility index (Phi) is 2.86. The molecule has 2 aliphatic rings. The summed E-state index contributed by atoms with van der Waals surface area (Å²) in [5, 5.41) is 6.67. The lowest BCUT2D eigenvalue weighted by atomic mass is 9.87. The number of anilines is 1. The Labute approximate surface area is 123 Å². The van der Waals surface area contributed by atoms with Crippen LogP contribution in [0.15, 0.2) is 30.5 Å². The van der Waals surface area contributed by atoms with Crippen LogP contribution >= 0.6 is 11.6 Å². The van der Waals surface area contributed by atoms with E-state index in [1.807, 2.05) is 18.3 Å². The average molecular weight is 288 g/mol.